The molecule has 0 spiro atoms. The van der Waals surface area contributed by atoms with Crippen molar-refractivity contribution in [2.45, 2.75) is 5.03 Å². The lowest BCUT2D eigenvalue weighted by atomic mass is 10.2. The largest absolute Gasteiger partial charge is 0.323 e. The fourth-order valence-electron chi connectivity index (χ4n) is 2.57. The summed E-state index contributed by atoms with van der Waals surface area (Å²) < 4.78 is 1.56. The standard InChI is InChI=1S/C18H13ClN6OS/c19-13-5-6-16(25-11-20-10-22-25)15(7-13)23-17(26)9-27-18-14-4-2-1-3-12(14)8-21-24-18/h1-8,10-11H,9H2,(H,23,26). The normalized spacial score (nSPS) is 10.9. The Morgan fingerprint density at radius 1 is 1.22 bits per heavy atom. The molecule has 0 aliphatic carbocycles. The predicted molar refractivity (Wildman–Crippen MR) is 105 cm³/mol. The first-order valence-corrected chi connectivity index (χ1v) is 9.35. The van der Waals surface area contributed by atoms with Crippen LogP contribution in [0.15, 0.2) is 66.3 Å². The Hall–Kier alpha value is -2.97. The van der Waals surface area contributed by atoms with Crippen LogP contribution in [0.5, 0.6) is 0 Å². The molecular weight excluding hydrogens is 384 g/mol. The van der Waals surface area contributed by atoms with Gasteiger partial charge in [0.2, 0.25) is 5.91 Å². The number of amides is 1. The van der Waals surface area contributed by atoms with Gasteiger partial charge in [0.1, 0.15) is 17.7 Å². The zero-order valence-corrected chi connectivity index (χ0v) is 15.5. The minimum absolute atomic E-state index is 0.182. The average Bonchev–Trinajstić information content (AvgIpc) is 3.21. The Kier molecular flexibility index (Phi) is 4.99. The first-order chi connectivity index (χ1) is 13.2. The fourth-order valence-corrected chi connectivity index (χ4v) is 3.53. The van der Waals surface area contributed by atoms with Crippen molar-refractivity contribution in [3.05, 3.63) is 66.3 Å². The maximum Gasteiger partial charge on any atom is 0.234 e. The summed E-state index contributed by atoms with van der Waals surface area (Å²) in [6, 6.07) is 13.0. The highest BCUT2D eigenvalue weighted by molar-refractivity contribution is 8.00. The molecule has 27 heavy (non-hydrogen) atoms. The highest BCUT2D eigenvalue weighted by Gasteiger charge is 2.12. The monoisotopic (exact) mass is 396 g/mol. The van der Waals surface area contributed by atoms with Crippen LogP contribution in [0.4, 0.5) is 5.69 Å². The number of nitrogens with zero attached hydrogens (tertiary/aromatic N) is 5. The second-order valence-corrected chi connectivity index (χ2v) is 6.98. The lowest BCUT2D eigenvalue weighted by Gasteiger charge is -2.11. The molecule has 0 bridgehead atoms. The van der Waals surface area contributed by atoms with Crippen LogP contribution < -0.4 is 5.32 Å². The average molecular weight is 397 g/mol. The quantitative estimate of drug-likeness (QED) is 0.519. The number of aromatic nitrogens is 5. The van der Waals surface area contributed by atoms with Crippen molar-refractivity contribution < 1.29 is 4.79 Å². The number of thioether (sulfide) groups is 1. The number of fused-ring (bicyclic) bond motifs is 1. The number of carbonyl (C=O) groups excluding carboxylic acids is 1. The third-order valence-corrected chi connectivity index (χ3v) is 4.99. The van der Waals surface area contributed by atoms with Crippen molar-refractivity contribution in [1.82, 2.24) is 25.0 Å². The second kappa shape index (κ2) is 7.73. The summed E-state index contributed by atoms with van der Waals surface area (Å²) in [6.45, 7) is 0. The number of anilines is 1. The molecule has 2 heterocycles. The van der Waals surface area contributed by atoms with Gasteiger partial charge in [-0.3, -0.25) is 4.79 Å². The van der Waals surface area contributed by atoms with E-state index in [1.807, 2.05) is 24.3 Å². The molecule has 1 amide bonds. The first-order valence-electron chi connectivity index (χ1n) is 7.98. The molecule has 0 atom stereocenters. The maximum absolute atomic E-state index is 12.5. The molecule has 134 valence electrons. The van der Waals surface area contributed by atoms with Crippen LogP contribution in [0.3, 0.4) is 0 Å². The summed E-state index contributed by atoms with van der Waals surface area (Å²) in [5, 5.41) is 18.3. The van der Waals surface area contributed by atoms with Gasteiger partial charge in [0.25, 0.3) is 0 Å². The van der Waals surface area contributed by atoms with Crippen LogP contribution in [-0.4, -0.2) is 36.6 Å². The van der Waals surface area contributed by atoms with E-state index >= 15 is 0 Å². The second-order valence-electron chi connectivity index (χ2n) is 5.58. The molecule has 4 rings (SSSR count). The van der Waals surface area contributed by atoms with E-state index in [1.54, 1.807) is 35.4 Å². The van der Waals surface area contributed by atoms with E-state index in [9.17, 15) is 4.79 Å². The smallest absolute Gasteiger partial charge is 0.234 e. The molecule has 0 radical (unpaired) electrons. The van der Waals surface area contributed by atoms with E-state index in [2.05, 4.69) is 25.6 Å². The molecule has 0 unspecified atom stereocenters. The minimum Gasteiger partial charge on any atom is -0.323 e. The van der Waals surface area contributed by atoms with Crippen LogP contribution in [-0.2, 0) is 4.79 Å². The van der Waals surface area contributed by atoms with Crippen molar-refractivity contribution in [3.63, 3.8) is 0 Å². The van der Waals surface area contributed by atoms with Crippen LogP contribution in [0, 0.1) is 0 Å². The van der Waals surface area contributed by atoms with Crippen LogP contribution in [0.2, 0.25) is 5.02 Å². The highest BCUT2D eigenvalue weighted by Crippen LogP contribution is 2.26. The number of hydrogen-bond acceptors (Lipinski definition) is 6. The summed E-state index contributed by atoms with van der Waals surface area (Å²) >= 11 is 7.41. The van der Waals surface area contributed by atoms with Crippen molar-refractivity contribution in [3.8, 4) is 5.69 Å². The van der Waals surface area contributed by atoms with E-state index in [1.165, 1.54) is 18.1 Å². The Bertz CT molecular complexity index is 1100. The SMILES string of the molecule is O=C(CSc1nncc2ccccc12)Nc1cc(Cl)ccc1-n1cncn1. The van der Waals surface area contributed by atoms with Gasteiger partial charge in [-0.1, -0.05) is 47.6 Å². The molecule has 1 N–H and O–H groups in total. The van der Waals surface area contributed by atoms with Crippen molar-refractivity contribution in [1.29, 1.82) is 0 Å². The Morgan fingerprint density at radius 2 is 2.11 bits per heavy atom. The van der Waals surface area contributed by atoms with Crippen molar-refractivity contribution in [2.24, 2.45) is 0 Å². The maximum atomic E-state index is 12.5. The summed E-state index contributed by atoms with van der Waals surface area (Å²) in [5.74, 6) is 0.00444. The Labute approximate surface area is 163 Å². The van der Waals surface area contributed by atoms with Gasteiger partial charge in [-0.25, -0.2) is 9.67 Å². The molecule has 9 heteroatoms. The van der Waals surface area contributed by atoms with Crippen LogP contribution in [0.1, 0.15) is 0 Å². The predicted octanol–water partition coefficient (Wildman–Crippen LogP) is 3.59. The molecule has 0 fully saturated rings. The molecule has 0 saturated heterocycles. The molecule has 0 aliphatic heterocycles. The molecule has 4 aromatic rings. The number of nitrogens with one attached hydrogen (secondary N) is 1. The third kappa shape index (κ3) is 3.91. The lowest BCUT2D eigenvalue weighted by molar-refractivity contribution is -0.113. The lowest BCUT2D eigenvalue weighted by Crippen LogP contribution is -2.16. The zero-order chi connectivity index (χ0) is 18.6. The number of benzene rings is 2. The van der Waals surface area contributed by atoms with Gasteiger partial charge in [-0.05, 0) is 18.2 Å². The van der Waals surface area contributed by atoms with E-state index in [-0.39, 0.29) is 11.7 Å². The minimum atomic E-state index is -0.182. The number of rotatable bonds is 5. The number of carbonyl (C=O) groups is 1. The molecule has 2 aromatic heterocycles. The molecule has 2 aromatic carbocycles. The van der Waals surface area contributed by atoms with E-state index in [4.69, 9.17) is 11.6 Å². The molecule has 7 nitrogen and oxygen atoms in total. The van der Waals surface area contributed by atoms with Crippen LogP contribution in [0.25, 0.3) is 16.5 Å². The third-order valence-electron chi connectivity index (χ3n) is 3.77. The molecule has 0 saturated carbocycles. The summed E-state index contributed by atoms with van der Waals surface area (Å²) in [6.07, 6.45) is 4.68. The van der Waals surface area contributed by atoms with Gasteiger partial charge in [-0.2, -0.15) is 10.2 Å². The van der Waals surface area contributed by atoms with Crippen molar-refractivity contribution >= 4 is 45.7 Å². The molecule has 0 aliphatic rings. The van der Waals surface area contributed by atoms with Crippen molar-refractivity contribution in [2.75, 3.05) is 11.1 Å². The van der Waals surface area contributed by atoms with Gasteiger partial charge in [0.15, 0.2) is 0 Å². The summed E-state index contributed by atoms with van der Waals surface area (Å²) in [7, 11) is 0. The van der Waals surface area contributed by atoms with Gasteiger partial charge in [0, 0.05) is 15.8 Å². The topological polar surface area (TPSA) is 85.6 Å². The first kappa shape index (κ1) is 17.4. The van der Waals surface area contributed by atoms with E-state index in [0.717, 1.165) is 10.8 Å². The Morgan fingerprint density at radius 3 is 2.96 bits per heavy atom. The van der Waals surface area contributed by atoms with Crippen LogP contribution >= 0.6 is 23.4 Å². The summed E-state index contributed by atoms with van der Waals surface area (Å²) in [4.78, 5) is 16.4. The molecular formula is C18H13ClN6OS. The van der Waals surface area contributed by atoms with Gasteiger partial charge < -0.3 is 5.32 Å². The fraction of sp³-hybridized carbons (Fsp3) is 0.0556. The van der Waals surface area contributed by atoms with Gasteiger partial charge in [0.05, 0.1) is 23.3 Å². The van der Waals surface area contributed by atoms with E-state index < -0.39 is 0 Å². The summed E-state index contributed by atoms with van der Waals surface area (Å²) in [5.41, 5.74) is 1.24. The Balaban J connectivity index is 1.51. The van der Waals surface area contributed by atoms with Gasteiger partial charge >= 0.3 is 0 Å². The number of halogens is 1. The van der Waals surface area contributed by atoms with E-state index in [0.29, 0.717) is 21.4 Å². The number of hydrogen-bond donors (Lipinski definition) is 1. The zero-order valence-electron chi connectivity index (χ0n) is 13.9. The van der Waals surface area contributed by atoms with Gasteiger partial charge in [-0.15, -0.1) is 5.10 Å². The highest BCUT2D eigenvalue weighted by atomic mass is 35.5.